The van der Waals surface area contributed by atoms with Gasteiger partial charge in [0.2, 0.25) is 5.91 Å². The highest BCUT2D eigenvalue weighted by Crippen LogP contribution is 2.29. The van der Waals surface area contributed by atoms with Gasteiger partial charge in [-0.05, 0) is 31.7 Å². The van der Waals surface area contributed by atoms with Gasteiger partial charge >= 0.3 is 0 Å². The number of carbonyl (C=O) groups is 1. The second kappa shape index (κ2) is 6.87. The van der Waals surface area contributed by atoms with E-state index in [0.29, 0.717) is 5.92 Å². The highest BCUT2D eigenvalue weighted by Gasteiger charge is 2.39. The smallest absolute Gasteiger partial charge is 0.242 e. The SMILES string of the molecule is COCCN1CCC(CN(C)C(=O)C2(N)CCCC2)C1. The Balaban J connectivity index is 1.77. The van der Waals surface area contributed by atoms with E-state index in [4.69, 9.17) is 10.5 Å². The van der Waals surface area contributed by atoms with Crippen LogP contribution in [0.25, 0.3) is 0 Å². The summed E-state index contributed by atoms with van der Waals surface area (Å²) < 4.78 is 5.12. The van der Waals surface area contributed by atoms with Gasteiger partial charge in [-0.25, -0.2) is 0 Å². The van der Waals surface area contributed by atoms with Crippen molar-refractivity contribution in [2.75, 3.05) is 46.9 Å². The minimum atomic E-state index is -0.580. The first-order valence-electron chi connectivity index (χ1n) is 7.81. The van der Waals surface area contributed by atoms with E-state index in [2.05, 4.69) is 4.90 Å². The summed E-state index contributed by atoms with van der Waals surface area (Å²) in [4.78, 5) is 16.8. The van der Waals surface area contributed by atoms with Crippen molar-refractivity contribution in [3.05, 3.63) is 0 Å². The van der Waals surface area contributed by atoms with Gasteiger partial charge in [-0.2, -0.15) is 0 Å². The van der Waals surface area contributed by atoms with Gasteiger partial charge in [0.25, 0.3) is 0 Å². The Kier molecular flexibility index (Phi) is 5.41. The van der Waals surface area contributed by atoms with Crippen molar-refractivity contribution in [2.45, 2.75) is 37.6 Å². The monoisotopic (exact) mass is 283 g/mol. The van der Waals surface area contributed by atoms with E-state index in [0.717, 1.165) is 58.5 Å². The molecule has 1 aliphatic carbocycles. The summed E-state index contributed by atoms with van der Waals surface area (Å²) in [5.74, 6) is 0.719. The molecule has 1 saturated heterocycles. The molecule has 2 N–H and O–H groups in total. The van der Waals surface area contributed by atoms with Gasteiger partial charge in [-0.15, -0.1) is 0 Å². The molecular weight excluding hydrogens is 254 g/mol. The third kappa shape index (κ3) is 3.71. The van der Waals surface area contributed by atoms with Gasteiger partial charge in [-0.1, -0.05) is 12.8 Å². The molecule has 2 rings (SSSR count). The van der Waals surface area contributed by atoms with E-state index < -0.39 is 5.54 Å². The zero-order valence-corrected chi connectivity index (χ0v) is 12.9. The number of rotatable bonds is 6. The Bertz CT molecular complexity index is 329. The molecule has 0 spiro atoms. The van der Waals surface area contributed by atoms with E-state index >= 15 is 0 Å². The Labute approximate surface area is 122 Å². The summed E-state index contributed by atoms with van der Waals surface area (Å²) in [5.41, 5.74) is 5.67. The van der Waals surface area contributed by atoms with Gasteiger partial charge in [-0.3, -0.25) is 4.79 Å². The van der Waals surface area contributed by atoms with Crippen LogP contribution in [0.4, 0.5) is 0 Å². The molecule has 0 bridgehead atoms. The van der Waals surface area contributed by atoms with Crippen molar-refractivity contribution in [1.82, 2.24) is 9.80 Å². The fraction of sp³-hybridized carbons (Fsp3) is 0.933. The molecule has 1 heterocycles. The summed E-state index contributed by atoms with van der Waals surface area (Å²) in [7, 11) is 3.65. The van der Waals surface area contributed by atoms with Gasteiger partial charge in [0.1, 0.15) is 0 Å². The maximum Gasteiger partial charge on any atom is 0.242 e. The van der Waals surface area contributed by atoms with Crippen LogP contribution in [-0.4, -0.2) is 68.2 Å². The molecule has 1 saturated carbocycles. The van der Waals surface area contributed by atoms with Gasteiger partial charge in [0, 0.05) is 33.8 Å². The Hall–Kier alpha value is -0.650. The summed E-state index contributed by atoms with van der Waals surface area (Å²) in [5, 5.41) is 0. The normalized spacial score (nSPS) is 26.1. The average Bonchev–Trinajstić information content (AvgIpc) is 3.05. The number of methoxy groups -OCH3 is 1. The first kappa shape index (κ1) is 15.7. The maximum absolute atomic E-state index is 12.5. The first-order valence-corrected chi connectivity index (χ1v) is 7.81. The summed E-state index contributed by atoms with van der Waals surface area (Å²) >= 11 is 0. The number of likely N-dealkylation sites (N-methyl/N-ethyl adjacent to an activating group) is 1. The highest BCUT2D eigenvalue weighted by atomic mass is 16.5. The summed E-state index contributed by atoms with van der Waals surface area (Å²) in [6, 6.07) is 0. The largest absolute Gasteiger partial charge is 0.383 e. The second-order valence-electron chi connectivity index (χ2n) is 6.50. The zero-order valence-electron chi connectivity index (χ0n) is 12.9. The predicted molar refractivity (Wildman–Crippen MR) is 79.4 cm³/mol. The molecule has 0 radical (unpaired) electrons. The van der Waals surface area contributed by atoms with Crippen LogP contribution in [-0.2, 0) is 9.53 Å². The predicted octanol–water partition coefficient (Wildman–Crippen LogP) is 0.685. The molecule has 20 heavy (non-hydrogen) atoms. The third-order valence-electron chi connectivity index (χ3n) is 4.78. The Morgan fingerprint density at radius 3 is 2.80 bits per heavy atom. The molecule has 1 unspecified atom stereocenters. The molecule has 1 amide bonds. The number of nitrogens with zero attached hydrogens (tertiary/aromatic N) is 2. The quantitative estimate of drug-likeness (QED) is 0.779. The summed E-state index contributed by atoms with van der Waals surface area (Å²) in [6.45, 7) is 4.79. The first-order chi connectivity index (χ1) is 9.55. The fourth-order valence-electron chi connectivity index (χ4n) is 3.56. The molecule has 5 nitrogen and oxygen atoms in total. The lowest BCUT2D eigenvalue weighted by molar-refractivity contribution is -0.136. The zero-order chi connectivity index (χ0) is 14.6. The van der Waals surface area contributed by atoms with Crippen LogP contribution in [0, 0.1) is 5.92 Å². The van der Waals surface area contributed by atoms with Crippen LogP contribution in [0.15, 0.2) is 0 Å². The van der Waals surface area contributed by atoms with Crippen LogP contribution < -0.4 is 5.73 Å². The molecule has 2 fully saturated rings. The van der Waals surface area contributed by atoms with Crippen molar-refractivity contribution in [1.29, 1.82) is 0 Å². The van der Waals surface area contributed by atoms with Crippen molar-refractivity contribution >= 4 is 5.91 Å². The van der Waals surface area contributed by atoms with Gasteiger partial charge in [0.15, 0.2) is 0 Å². The number of nitrogens with two attached hydrogens (primary N) is 1. The second-order valence-corrected chi connectivity index (χ2v) is 6.50. The van der Waals surface area contributed by atoms with E-state index in [1.807, 2.05) is 11.9 Å². The lowest BCUT2D eigenvalue weighted by Crippen LogP contribution is -2.53. The molecular formula is C15H29N3O2. The highest BCUT2D eigenvalue weighted by molar-refractivity contribution is 5.86. The minimum Gasteiger partial charge on any atom is -0.383 e. The van der Waals surface area contributed by atoms with E-state index in [-0.39, 0.29) is 5.91 Å². The molecule has 0 aromatic carbocycles. The van der Waals surface area contributed by atoms with E-state index in [1.54, 1.807) is 7.11 Å². The van der Waals surface area contributed by atoms with Crippen molar-refractivity contribution in [2.24, 2.45) is 11.7 Å². The van der Waals surface area contributed by atoms with E-state index in [9.17, 15) is 4.79 Å². The fourth-order valence-corrected chi connectivity index (χ4v) is 3.56. The summed E-state index contributed by atoms with van der Waals surface area (Å²) in [6.07, 6.45) is 5.04. The van der Waals surface area contributed by atoms with Gasteiger partial charge in [0.05, 0.1) is 12.1 Å². The Morgan fingerprint density at radius 1 is 1.45 bits per heavy atom. The van der Waals surface area contributed by atoms with Gasteiger partial charge < -0.3 is 20.3 Å². The number of hydrogen-bond acceptors (Lipinski definition) is 4. The van der Waals surface area contributed by atoms with Crippen molar-refractivity contribution < 1.29 is 9.53 Å². The van der Waals surface area contributed by atoms with Crippen LogP contribution in [0.2, 0.25) is 0 Å². The van der Waals surface area contributed by atoms with Crippen LogP contribution >= 0.6 is 0 Å². The molecule has 0 aromatic heterocycles. The number of hydrogen-bond donors (Lipinski definition) is 1. The number of ether oxygens (including phenoxy) is 1. The Morgan fingerprint density at radius 2 is 2.15 bits per heavy atom. The van der Waals surface area contributed by atoms with Crippen molar-refractivity contribution in [3.63, 3.8) is 0 Å². The van der Waals surface area contributed by atoms with Crippen molar-refractivity contribution in [3.8, 4) is 0 Å². The number of carbonyl (C=O) groups excluding carboxylic acids is 1. The molecule has 2 aliphatic rings. The van der Waals surface area contributed by atoms with Crippen LogP contribution in [0.3, 0.4) is 0 Å². The third-order valence-corrected chi connectivity index (χ3v) is 4.78. The lowest BCUT2D eigenvalue weighted by atomic mass is 9.96. The van der Waals surface area contributed by atoms with Crippen LogP contribution in [0.5, 0.6) is 0 Å². The standard InChI is InChI=1S/C15H29N3O2/c1-17(14(19)15(16)6-3-4-7-15)11-13-5-8-18(12-13)9-10-20-2/h13H,3-12,16H2,1-2H3. The number of likely N-dealkylation sites (tertiary alicyclic amines) is 1. The topological polar surface area (TPSA) is 58.8 Å². The molecule has 0 aromatic rings. The maximum atomic E-state index is 12.5. The molecule has 116 valence electrons. The lowest BCUT2D eigenvalue weighted by Gasteiger charge is -2.30. The minimum absolute atomic E-state index is 0.144. The molecule has 1 atom stereocenters. The average molecular weight is 283 g/mol. The number of amides is 1. The van der Waals surface area contributed by atoms with Crippen LogP contribution in [0.1, 0.15) is 32.1 Å². The van der Waals surface area contributed by atoms with E-state index in [1.165, 1.54) is 6.42 Å². The molecule has 5 heteroatoms. The molecule has 1 aliphatic heterocycles.